The molecule has 0 heterocycles. The van der Waals surface area contributed by atoms with Crippen LogP contribution in [0.3, 0.4) is 0 Å². The minimum absolute atomic E-state index is 0.285. The highest BCUT2D eigenvalue weighted by atomic mass is 15.4. The fourth-order valence-corrected chi connectivity index (χ4v) is 3.45. The van der Waals surface area contributed by atoms with Crippen LogP contribution in [0.2, 0.25) is 0 Å². The summed E-state index contributed by atoms with van der Waals surface area (Å²) in [5.74, 6) is 45.5. The van der Waals surface area contributed by atoms with E-state index in [0.717, 1.165) is 5.56 Å². The molecule has 0 atom stereocenters. The first kappa shape index (κ1) is 32.0. The monoisotopic (exact) mass is 537 g/mol. The zero-order valence-electron chi connectivity index (χ0n) is 21.5. The van der Waals surface area contributed by atoms with Crippen LogP contribution in [0.25, 0.3) is 0 Å². The lowest BCUT2D eigenvalue weighted by Crippen LogP contribution is -2.50. The van der Waals surface area contributed by atoms with E-state index in [-0.39, 0.29) is 13.1 Å². The Morgan fingerprint density at radius 2 is 0.868 bits per heavy atom. The average Bonchev–Trinajstić information content (AvgIpc) is 2.96. The van der Waals surface area contributed by atoms with Gasteiger partial charge in [-0.25, -0.2) is 23.4 Å². The standard InChI is InChI=1S/C19H43N19/c20-28-16(29-21)11-36(7-9-38(13-18(32-24)33-25)14-19(34-26)35-27)6-8-37(12-17(30-22)31-23)10-15-4-2-1-3-5-15/h1-5H,6-14,20-27H2,(H,28,29)(H,30,31)(H,32,33)(H,34,35). The van der Waals surface area contributed by atoms with Crippen LogP contribution < -0.4 is 68.4 Å². The van der Waals surface area contributed by atoms with Gasteiger partial charge in [-0.3, -0.25) is 14.7 Å². The van der Waals surface area contributed by atoms with E-state index in [1.165, 1.54) is 0 Å². The van der Waals surface area contributed by atoms with Crippen molar-refractivity contribution in [1.29, 1.82) is 0 Å². The number of hydrogen-bond donors (Lipinski definition) is 12. The summed E-state index contributed by atoms with van der Waals surface area (Å²) in [4.78, 5) is 6.20. The molecule has 38 heavy (non-hydrogen) atoms. The van der Waals surface area contributed by atoms with E-state index in [1.54, 1.807) is 0 Å². The molecule has 0 fully saturated rings. The van der Waals surface area contributed by atoms with Gasteiger partial charge in [0.15, 0.2) is 0 Å². The zero-order valence-corrected chi connectivity index (χ0v) is 21.5. The van der Waals surface area contributed by atoms with Crippen molar-refractivity contribution in [2.75, 3.05) is 52.4 Å². The van der Waals surface area contributed by atoms with Gasteiger partial charge >= 0.3 is 0 Å². The van der Waals surface area contributed by atoms with Crippen molar-refractivity contribution in [3.8, 4) is 0 Å². The Hall–Kier alpha value is -3.98. The number of nitrogens with one attached hydrogen (secondary N) is 4. The molecule has 0 saturated heterocycles. The number of rotatable bonds is 16. The van der Waals surface area contributed by atoms with Crippen LogP contribution in [0, 0.1) is 0 Å². The minimum atomic E-state index is 0.285. The number of hydrazone groups is 4. The molecule has 19 nitrogen and oxygen atoms in total. The van der Waals surface area contributed by atoms with Gasteiger partial charge in [0, 0.05) is 32.7 Å². The highest BCUT2D eigenvalue weighted by Crippen LogP contribution is 2.05. The summed E-state index contributed by atoms with van der Waals surface area (Å²) in [5.41, 5.74) is 11.1. The van der Waals surface area contributed by atoms with Crippen LogP contribution in [0.1, 0.15) is 5.56 Å². The van der Waals surface area contributed by atoms with Gasteiger partial charge in [-0.05, 0) is 5.56 Å². The summed E-state index contributed by atoms with van der Waals surface area (Å²) in [6.07, 6.45) is 0. The lowest BCUT2D eigenvalue weighted by Gasteiger charge is -2.30. The summed E-state index contributed by atoms with van der Waals surface area (Å²) >= 11 is 0. The fourth-order valence-electron chi connectivity index (χ4n) is 3.45. The van der Waals surface area contributed by atoms with E-state index in [2.05, 4.69) is 51.9 Å². The Balaban J connectivity index is 3.04. The smallest absolute Gasteiger partial charge is 0.150 e. The van der Waals surface area contributed by atoms with Crippen LogP contribution in [0.5, 0.6) is 0 Å². The van der Waals surface area contributed by atoms with Gasteiger partial charge in [0.2, 0.25) is 0 Å². The third-order valence-electron chi connectivity index (χ3n) is 5.50. The molecular formula is C19H43N19. The summed E-state index contributed by atoms with van der Waals surface area (Å²) in [5, 5.41) is 14.7. The first-order valence-electron chi connectivity index (χ1n) is 11.6. The van der Waals surface area contributed by atoms with E-state index < -0.39 is 0 Å². The Morgan fingerprint density at radius 3 is 1.26 bits per heavy atom. The van der Waals surface area contributed by atoms with Crippen molar-refractivity contribution in [3.05, 3.63) is 35.9 Å². The molecule has 0 bridgehead atoms. The van der Waals surface area contributed by atoms with Gasteiger partial charge in [-0.2, -0.15) is 20.4 Å². The maximum atomic E-state index is 5.59. The first-order valence-corrected chi connectivity index (χ1v) is 11.6. The van der Waals surface area contributed by atoms with E-state index in [4.69, 9.17) is 46.7 Å². The van der Waals surface area contributed by atoms with E-state index >= 15 is 0 Å². The van der Waals surface area contributed by atoms with Crippen molar-refractivity contribution in [2.45, 2.75) is 6.54 Å². The second-order valence-corrected chi connectivity index (χ2v) is 8.06. The maximum Gasteiger partial charge on any atom is 0.150 e. The molecule has 20 N–H and O–H groups in total. The van der Waals surface area contributed by atoms with E-state index in [9.17, 15) is 0 Å². The summed E-state index contributed by atoms with van der Waals surface area (Å²) in [6.45, 7) is 4.27. The van der Waals surface area contributed by atoms with Crippen molar-refractivity contribution in [1.82, 2.24) is 36.4 Å². The number of nitrogens with zero attached hydrogens (tertiary/aromatic N) is 7. The van der Waals surface area contributed by atoms with Crippen molar-refractivity contribution >= 4 is 23.3 Å². The molecule has 0 aliphatic heterocycles. The van der Waals surface area contributed by atoms with E-state index in [1.807, 2.05) is 35.2 Å². The lowest BCUT2D eigenvalue weighted by molar-refractivity contribution is 0.207. The maximum absolute atomic E-state index is 5.59. The van der Waals surface area contributed by atoms with Crippen LogP contribution in [-0.2, 0) is 6.54 Å². The Morgan fingerprint density at radius 1 is 0.526 bits per heavy atom. The van der Waals surface area contributed by atoms with Crippen LogP contribution in [0.15, 0.2) is 50.7 Å². The Kier molecular flexibility index (Phi) is 16.2. The van der Waals surface area contributed by atoms with Gasteiger partial charge in [-0.1, -0.05) is 30.3 Å². The van der Waals surface area contributed by atoms with Gasteiger partial charge in [0.05, 0.1) is 26.2 Å². The van der Waals surface area contributed by atoms with Crippen LogP contribution in [-0.4, -0.2) is 90.4 Å². The Bertz CT molecular complexity index is 863. The average molecular weight is 538 g/mol. The van der Waals surface area contributed by atoms with Gasteiger partial charge < -0.3 is 45.1 Å². The second-order valence-electron chi connectivity index (χ2n) is 8.06. The normalized spacial score (nSPS) is 13.3. The second kappa shape index (κ2) is 19.2. The largest absolute Gasteiger partial charge is 0.321 e. The fraction of sp³-hybridized carbons (Fsp3) is 0.474. The molecule has 1 aromatic carbocycles. The quantitative estimate of drug-likeness (QED) is 0.0404. The number of nitrogens with two attached hydrogens (primary N) is 8. The third kappa shape index (κ3) is 12.3. The molecule has 1 aromatic rings. The predicted octanol–water partition coefficient (Wildman–Crippen LogP) is -5.97. The first-order chi connectivity index (χ1) is 18.5. The SMILES string of the molecule is N/N=C(/CN(CCN(C/C(=N/N)NN)C/C(=N/N)NN)CCN(C/C(=N/N)NN)Cc1ccccc1)NN. The topological polar surface area (TPSA) is 315 Å². The molecule has 214 valence electrons. The van der Waals surface area contributed by atoms with Crippen molar-refractivity contribution < 1.29 is 0 Å². The van der Waals surface area contributed by atoms with Crippen molar-refractivity contribution in [2.24, 2.45) is 67.1 Å². The minimum Gasteiger partial charge on any atom is -0.321 e. The van der Waals surface area contributed by atoms with Gasteiger partial charge in [0.1, 0.15) is 23.3 Å². The third-order valence-corrected chi connectivity index (χ3v) is 5.50. The predicted molar refractivity (Wildman–Crippen MR) is 150 cm³/mol. The molecule has 0 radical (unpaired) electrons. The summed E-state index contributed by atoms with van der Waals surface area (Å²) < 4.78 is 0. The lowest BCUT2D eigenvalue weighted by atomic mass is 10.2. The molecule has 0 aromatic heterocycles. The van der Waals surface area contributed by atoms with E-state index in [0.29, 0.717) is 69.2 Å². The number of amidine groups is 4. The zero-order chi connectivity index (χ0) is 28.2. The molecular weight excluding hydrogens is 494 g/mol. The molecule has 19 heteroatoms. The van der Waals surface area contributed by atoms with Gasteiger partial charge in [-0.15, -0.1) is 0 Å². The number of hydrazine groups is 4. The highest BCUT2D eigenvalue weighted by molar-refractivity contribution is 5.86. The highest BCUT2D eigenvalue weighted by Gasteiger charge is 2.17. The van der Waals surface area contributed by atoms with Crippen LogP contribution in [0.4, 0.5) is 0 Å². The summed E-state index contributed by atoms with van der Waals surface area (Å²) in [7, 11) is 0. The molecule has 1 rings (SSSR count). The molecule has 0 aliphatic carbocycles. The molecule has 0 unspecified atom stereocenters. The molecule has 0 saturated carbocycles. The number of hydrogen-bond acceptors (Lipinski definition) is 15. The van der Waals surface area contributed by atoms with Gasteiger partial charge in [0.25, 0.3) is 0 Å². The molecule has 0 amide bonds. The number of benzene rings is 1. The van der Waals surface area contributed by atoms with Crippen LogP contribution >= 0.6 is 0 Å². The molecule has 0 spiro atoms. The summed E-state index contributed by atoms with van der Waals surface area (Å²) in [6, 6.07) is 10.0. The molecule has 0 aliphatic rings. The Labute approximate surface area is 222 Å². The van der Waals surface area contributed by atoms with Crippen molar-refractivity contribution in [3.63, 3.8) is 0 Å².